The van der Waals surface area contributed by atoms with E-state index in [0.29, 0.717) is 12.3 Å². The van der Waals surface area contributed by atoms with E-state index in [-0.39, 0.29) is 6.04 Å². The summed E-state index contributed by atoms with van der Waals surface area (Å²) in [4.78, 5) is 0. The molecule has 1 atom stereocenters. The molecule has 5 heteroatoms. The van der Waals surface area contributed by atoms with Gasteiger partial charge in [0.25, 0.3) is 0 Å². The Balaban J connectivity index is 2.66. The molecule has 1 aromatic rings. The first-order valence-electron chi connectivity index (χ1n) is 7.02. The van der Waals surface area contributed by atoms with E-state index in [4.69, 9.17) is 5.84 Å². The number of nitrogens with two attached hydrogens (primary N) is 1. The molecular weight excluding hydrogens is 265 g/mol. The Morgan fingerprint density at radius 2 is 1.65 bits per heavy atom. The van der Waals surface area contributed by atoms with Crippen molar-refractivity contribution >= 4 is 0 Å². The van der Waals surface area contributed by atoms with Gasteiger partial charge in [-0.15, -0.1) is 0 Å². The predicted molar refractivity (Wildman–Crippen MR) is 74.9 cm³/mol. The number of benzene rings is 1. The zero-order valence-electron chi connectivity index (χ0n) is 12.0. The van der Waals surface area contributed by atoms with Crippen molar-refractivity contribution in [1.29, 1.82) is 0 Å². The van der Waals surface area contributed by atoms with E-state index in [9.17, 15) is 13.2 Å². The fraction of sp³-hybridized carbons (Fsp3) is 0.600. The van der Waals surface area contributed by atoms with Gasteiger partial charge in [-0.05, 0) is 36.5 Å². The van der Waals surface area contributed by atoms with Crippen LogP contribution in [-0.2, 0) is 12.6 Å². The number of hydrazine groups is 1. The summed E-state index contributed by atoms with van der Waals surface area (Å²) in [6, 6.07) is 5.40. The molecule has 1 unspecified atom stereocenters. The highest BCUT2D eigenvalue weighted by Crippen LogP contribution is 2.29. The molecule has 0 heterocycles. The van der Waals surface area contributed by atoms with Gasteiger partial charge in [0.1, 0.15) is 0 Å². The van der Waals surface area contributed by atoms with E-state index < -0.39 is 11.7 Å². The minimum absolute atomic E-state index is 0.0941. The second-order valence-corrected chi connectivity index (χ2v) is 5.18. The maximum Gasteiger partial charge on any atom is 0.416 e. The van der Waals surface area contributed by atoms with Crippen LogP contribution in [0.2, 0.25) is 0 Å². The van der Waals surface area contributed by atoms with Gasteiger partial charge in [-0.1, -0.05) is 38.8 Å². The first-order valence-corrected chi connectivity index (χ1v) is 7.02. The lowest BCUT2D eigenvalue weighted by molar-refractivity contribution is -0.137. The zero-order chi connectivity index (χ0) is 15.2. The van der Waals surface area contributed by atoms with Gasteiger partial charge in [0.15, 0.2) is 0 Å². The molecule has 0 radical (unpaired) electrons. The molecule has 0 saturated heterocycles. The van der Waals surface area contributed by atoms with Gasteiger partial charge >= 0.3 is 6.18 Å². The van der Waals surface area contributed by atoms with Gasteiger partial charge in [0.2, 0.25) is 0 Å². The fourth-order valence-electron chi connectivity index (χ4n) is 2.35. The Morgan fingerprint density at radius 1 is 1.10 bits per heavy atom. The molecule has 1 aromatic carbocycles. The Bertz CT molecular complexity index is 383. The molecule has 0 bridgehead atoms. The highest BCUT2D eigenvalue weighted by atomic mass is 19.4. The quantitative estimate of drug-likeness (QED) is 0.590. The number of halogens is 3. The number of hydrogen-bond donors (Lipinski definition) is 2. The van der Waals surface area contributed by atoms with E-state index in [0.717, 1.165) is 37.0 Å². The van der Waals surface area contributed by atoms with Crippen LogP contribution in [0, 0.1) is 5.92 Å². The third-order valence-electron chi connectivity index (χ3n) is 3.77. The van der Waals surface area contributed by atoms with Crippen molar-refractivity contribution in [2.45, 2.75) is 51.7 Å². The van der Waals surface area contributed by atoms with Gasteiger partial charge in [-0.25, -0.2) is 0 Å². The smallest absolute Gasteiger partial charge is 0.271 e. The van der Waals surface area contributed by atoms with E-state index >= 15 is 0 Å². The minimum Gasteiger partial charge on any atom is -0.271 e. The summed E-state index contributed by atoms with van der Waals surface area (Å²) in [6.07, 6.45) is -0.529. The highest BCUT2D eigenvalue weighted by Gasteiger charge is 2.30. The van der Waals surface area contributed by atoms with Gasteiger partial charge < -0.3 is 0 Å². The third-order valence-corrected chi connectivity index (χ3v) is 3.77. The molecule has 114 valence electrons. The van der Waals surface area contributed by atoms with Crippen LogP contribution in [0.5, 0.6) is 0 Å². The van der Waals surface area contributed by atoms with Crippen molar-refractivity contribution in [3.05, 3.63) is 35.4 Å². The van der Waals surface area contributed by atoms with E-state index in [1.54, 1.807) is 0 Å². The van der Waals surface area contributed by atoms with Gasteiger partial charge in [-0.2, -0.15) is 13.2 Å². The lowest BCUT2D eigenvalue weighted by Gasteiger charge is -2.21. The topological polar surface area (TPSA) is 38.0 Å². The largest absolute Gasteiger partial charge is 0.416 e. The molecule has 1 rings (SSSR count). The maximum absolute atomic E-state index is 12.5. The summed E-state index contributed by atoms with van der Waals surface area (Å²) in [5, 5.41) is 0. The highest BCUT2D eigenvalue weighted by molar-refractivity contribution is 5.25. The SMILES string of the molecule is CCC(CC)CC(Cc1ccc(C(F)(F)F)cc1)NN. The van der Waals surface area contributed by atoms with Crippen molar-refractivity contribution < 1.29 is 13.2 Å². The van der Waals surface area contributed by atoms with Crippen LogP contribution < -0.4 is 11.3 Å². The summed E-state index contributed by atoms with van der Waals surface area (Å²) < 4.78 is 37.4. The fourth-order valence-corrected chi connectivity index (χ4v) is 2.35. The molecule has 0 aliphatic carbocycles. The summed E-state index contributed by atoms with van der Waals surface area (Å²) in [5.74, 6) is 6.14. The molecule has 0 fully saturated rings. The van der Waals surface area contributed by atoms with Crippen LogP contribution in [0.4, 0.5) is 13.2 Å². The second-order valence-electron chi connectivity index (χ2n) is 5.18. The van der Waals surface area contributed by atoms with E-state index in [1.165, 1.54) is 12.1 Å². The van der Waals surface area contributed by atoms with E-state index in [1.807, 2.05) is 0 Å². The van der Waals surface area contributed by atoms with Crippen molar-refractivity contribution in [3.63, 3.8) is 0 Å². The van der Waals surface area contributed by atoms with Crippen molar-refractivity contribution in [3.8, 4) is 0 Å². The van der Waals surface area contributed by atoms with Crippen molar-refractivity contribution in [2.75, 3.05) is 0 Å². The number of hydrogen-bond acceptors (Lipinski definition) is 2. The normalized spacial score (nSPS) is 13.8. The molecule has 20 heavy (non-hydrogen) atoms. The van der Waals surface area contributed by atoms with Crippen LogP contribution in [0.3, 0.4) is 0 Å². The number of rotatable bonds is 7. The van der Waals surface area contributed by atoms with Crippen LogP contribution >= 0.6 is 0 Å². The van der Waals surface area contributed by atoms with E-state index in [2.05, 4.69) is 19.3 Å². The van der Waals surface area contributed by atoms with Gasteiger partial charge in [0, 0.05) is 6.04 Å². The Morgan fingerprint density at radius 3 is 2.05 bits per heavy atom. The first kappa shape index (κ1) is 17.0. The Kier molecular flexibility index (Phi) is 6.49. The molecular formula is C15H23F3N2. The number of alkyl halides is 3. The van der Waals surface area contributed by atoms with Crippen LogP contribution in [0.25, 0.3) is 0 Å². The van der Waals surface area contributed by atoms with Gasteiger partial charge in [-0.3, -0.25) is 11.3 Å². The summed E-state index contributed by atoms with van der Waals surface area (Å²) >= 11 is 0. The predicted octanol–water partition coefficient (Wildman–Crippen LogP) is 3.91. The molecule has 2 nitrogen and oxygen atoms in total. The molecule has 3 N–H and O–H groups in total. The van der Waals surface area contributed by atoms with Crippen LogP contribution in [0.1, 0.15) is 44.2 Å². The zero-order valence-corrected chi connectivity index (χ0v) is 12.0. The summed E-state index contributed by atoms with van der Waals surface area (Å²) in [5.41, 5.74) is 3.03. The third kappa shape index (κ3) is 5.13. The molecule has 0 spiro atoms. The molecule has 0 amide bonds. The standard InChI is InChI=1S/C15H23F3N2/c1-3-11(4-2)9-14(20-19)10-12-5-7-13(8-6-12)15(16,17)18/h5-8,11,14,20H,3-4,9-10,19H2,1-2H3. The minimum atomic E-state index is -4.28. The first-order chi connectivity index (χ1) is 9.40. The Labute approximate surface area is 118 Å². The Hall–Kier alpha value is -1.07. The average molecular weight is 288 g/mol. The summed E-state index contributed by atoms with van der Waals surface area (Å²) in [7, 11) is 0. The molecule has 0 aliphatic rings. The van der Waals surface area contributed by atoms with Crippen LogP contribution in [-0.4, -0.2) is 6.04 Å². The lowest BCUT2D eigenvalue weighted by atomic mass is 9.91. The molecule has 0 aliphatic heterocycles. The van der Waals surface area contributed by atoms with Crippen molar-refractivity contribution in [2.24, 2.45) is 11.8 Å². The average Bonchev–Trinajstić information content (AvgIpc) is 2.43. The second kappa shape index (κ2) is 7.64. The molecule has 0 aromatic heterocycles. The lowest BCUT2D eigenvalue weighted by Crippen LogP contribution is -2.38. The van der Waals surface area contributed by atoms with Gasteiger partial charge in [0.05, 0.1) is 5.56 Å². The monoisotopic (exact) mass is 288 g/mol. The number of nitrogens with one attached hydrogen (secondary N) is 1. The van der Waals surface area contributed by atoms with Crippen molar-refractivity contribution in [1.82, 2.24) is 5.43 Å². The van der Waals surface area contributed by atoms with Crippen LogP contribution in [0.15, 0.2) is 24.3 Å². The maximum atomic E-state index is 12.5. The molecule has 0 saturated carbocycles. The summed E-state index contributed by atoms with van der Waals surface area (Å²) in [6.45, 7) is 4.28.